The average molecular weight is 265 g/mol. The summed E-state index contributed by atoms with van der Waals surface area (Å²) in [5, 5.41) is 3.51. The molecule has 1 atom stereocenters. The van der Waals surface area contributed by atoms with Crippen molar-refractivity contribution in [1.29, 1.82) is 0 Å². The van der Waals surface area contributed by atoms with Gasteiger partial charge in [-0.1, -0.05) is 24.3 Å². The van der Waals surface area contributed by atoms with Gasteiger partial charge in [0.15, 0.2) is 0 Å². The second-order valence-corrected chi connectivity index (χ2v) is 5.95. The van der Waals surface area contributed by atoms with Crippen LogP contribution < -0.4 is 5.32 Å². The molecule has 1 unspecified atom stereocenters. The summed E-state index contributed by atoms with van der Waals surface area (Å²) in [7, 11) is 1.70. The van der Waals surface area contributed by atoms with Crippen LogP contribution in [0, 0.1) is 0 Å². The lowest BCUT2D eigenvalue weighted by Gasteiger charge is -2.22. The zero-order valence-corrected chi connectivity index (χ0v) is 12.8. The predicted molar refractivity (Wildman–Crippen MR) is 79.2 cm³/mol. The van der Waals surface area contributed by atoms with Crippen LogP contribution in [-0.4, -0.2) is 25.4 Å². The van der Waals surface area contributed by atoms with Crippen molar-refractivity contribution in [3.8, 4) is 0 Å². The van der Waals surface area contributed by atoms with Crippen LogP contribution in [0.5, 0.6) is 0 Å². The quantitative estimate of drug-likeness (QED) is 0.821. The number of hydrogen-bond donors (Lipinski definition) is 1. The van der Waals surface area contributed by atoms with E-state index in [9.17, 15) is 0 Å². The van der Waals surface area contributed by atoms with Crippen LogP contribution in [0.1, 0.15) is 38.8 Å². The SMILES string of the molecule is COCC(C)OCc1ccccc1CNC(C)(C)C. The summed E-state index contributed by atoms with van der Waals surface area (Å²) in [5.74, 6) is 0. The molecule has 108 valence electrons. The zero-order valence-electron chi connectivity index (χ0n) is 12.8. The van der Waals surface area contributed by atoms with E-state index in [4.69, 9.17) is 9.47 Å². The van der Waals surface area contributed by atoms with Gasteiger partial charge >= 0.3 is 0 Å². The summed E-state index contributed by atoms with van der Waals surface area (Å²) in [6.07, 6.45) is 0.119. The van der Waals surface area contributed by atoms with Gasteiger partial charge in [-0.25, -0.2) is 0 Å². The molecule has 1 aromatic rings. The Morgan fingerprint density at radius 3 is 2.37 bits per heavy atom. The van der Waals surface area contributed by atoms with E-state index in [-0.39, 0.29) is 11.6 Å². The highest BCUT2D eigenvalue weighted by Crippen LogP contribution is 2.13. The molecule has 0 saturated carbocycles. The summed E-state index contributed by atoms with van der Waals surface area (Å²) < 4.78 is 10.9. The van der Waals surface area contributed by atoms with Crippen LogP contribution in [-0.2, 0) is 22.6 Å². The van der Waals surface area contributed by atoms with Crippen LogP contribution in [0.2, 0.25) is 0 Å². The van der Waals surface area contributed by atoms with Crippen LogP contribution in [0.25, 0.3) is 0 Å². The molecular formula is C16H27NO2. The first-order valence-electron chi connectivity index (χ1n) is 6.84. The minimum absolute atomic E-state index is 0.119. The third-order valence-corrected chi connectivity index (χ3v) is 2.85. The molecule has 0 spiro atoms. The van der Waals surface area contributed by atoms with Gasteiger partial charge in [-0.3, -0.25) is 0 Å². The molecule has 0 bridgehead atoms. The normalized spacial score (nSPS) is 13.5. The van der Waals surface area contributed by atoms with E-state index in [0.717, 1.165) is 6.54 Å². The molecule has 0 radical (unpaired) electrons. The highest BCUT2D eigenvalue weighted by atomic mass is 16.5. The molecule has 1 aromatic carbocycles. The van der Waals surface area contributed by atoms with E-state index in [1.165, 1.54) is 11.1 Å². The molecule has 1 N–H and O–H groups in total. The lowest BCUT2D eigenvalue weighted by molar-refractivity contribution is -0.000413. The summed E-state index contributed by atoms with van der Waals surface area (Å²) in [4.78, 5) is 0. The van der Waals surface area contributed by atoms with E-state index in [2.05, 4.69) is 50.4 Å². The maximum Gasteiger partial charge on any atom is 0.0784 e. The fourth-order valence-corrected chi connectivity index (χ4v) is 1.75. The Morgan fingerprint density at radius 2 is 1.79 bits per heavy atom. The Kier molecular flexibility index (Phi) is 6.49. The van der Waals surface area contributed by atoms with Crippen LogP contribution in [0.15, 0.2) is 24.3 Å². The second kappa shape index (κ2) is 7.63. The van der Waals surface area contributed by atoms with Crippen molar-refractivity contribution < 1.29 is 9.47 Å². The number of hydrogen-bond acceptors (Lipinski definition) is 3. The fourth-order valence-electron chi connectivity index (χ4n) is 1.75. The van der Waals surface area contributed by atoms with E-state index in [0.29, 0.717) is 13.2 Å². The van der Waals surface area contributed by atoms with Gasteiger partial charge < -0.3 is 14.8 Å². The van der Waals surface area contributed by atoms with Gasteiger partial charge in [0.2, 0.25) is 0 Å². The Labute approximate surface area is 117 Å². The van der Waals surface area contributed by atoms with Gasteiger partial charge in [-0.15, -0.1) is 0 Å². The summed E-state index contributed by atoms with van der Waals surface area (Å²) in [6, 6.07) is 8.40. The van der Waals surface area contributed by atoms with Crippen molar-refractivity contribution in [2.75, 3.05) is 13.7 Å². The third kappa shape index (κ3) is 6.71. The maximum absolute atomic E-state index is 5.79. The number of rotatable bonds is 7. The molecule has 0 amide bonds. The highest BCUT2D eigenvalue weighted by Gasteiger charge is 2.10. The molecule has 0 aliphatic heterocycles. The van der Waals surface area contributed by atoms with Gasteiger partial charge in [0.1, 0.15) is 0 Å². The van der Waals surface area contributed by atoms with Crippen molar-refractivity contribution in [1.82, 2.24) is 5.32 Å². The molecule has 0 aromatic heterocycles. The molecule has 0 saturated heterocycles. The molecule has 1 rings (SSSR count). The Balaban J connectivity index is 2.57. The van der Waals surface area contributed by atoms with Crippen molar-refractivity contribution in [3.05, 3.63) is 35.4 Å². The Morgan fingerprint density at radius 1 is 1.16 bits per heavy atom. The first kappa shape index (κ1) is 16.2. The topological polar surface area (TPSA) is 30.5 Å². The molecule has 0 fully saturated rings. The predicted octanol–water partition coefficient (Wildman–Crippen LogP) is 3.13. The lowest BCUT2D eigenvalue weighted by Crippen LogP contribution is -2.35. The number of ether oxygens (including phenoxy) is 2. The molecule has 0 aliphatic rings. The fraction of sp³-hybridized carbons (Fsp3) is 0.625. The Hall–Kier alpha value is -0.900. The van der Waals surface area contributed by atoms with Crippen molar-refractivity contribution in [2.45, 2.75) is 52.5 Å². The van der Waals surface area contributed by atoms with Gasteiger partial charge in [0.25, 0.3) is 0 Å². The standard InChI is InChI=1S/C16H27NO2/c1-13(11-18-5)19-12-15-9-7-6-8-14(15)10-17-16(2,3)4/h6-9,13,17H,10-12H2,1-5H3. The van der Waals surface area contributed by atoms with Gasteiger partial charge in [0.05, 0.1) is 19.3 Å². The molecule has 0 heterocycles. The summed E-state index contributed by atoms with van der Waals surface area (Å²) >= 11 is 0. The third-order valence-electron chi connectivity index (χ3n) is 2.85. The largest absolute Gasteiger partial charge is 0.382 e. The van der Waals surface area contributed by atoms with E-state index >= 15 is 0 Å². The van der Waals surface area contributed by atoms with E-state index < -0.39 is 0 Å². The number of methoxy groups -OCH3 is 1. The first-order valence-corrected chi connectivity index (χ1v) is 6.84. The van der Waals surface area contributed by atoms with Crippen LogP contribution in [0.3, 0.4) is 0 Å². The molecule has 0 aliphatic carbocycles. The maximum atomic E-state index is 5.79. The lowest BCUT2D eigenvalue weighted by atomic mass is 10.1. The van der Waals surface area contributed by atoms with Gasteiger partial charge in [0, 0.05) is 19.2 Å². The van der Waals surface area contributed by atoms with E-state index in [1.54, 1.807) is 7.11 Å². The summed E-state index contributed by atoms with van der Waals surface area (Å²) in [6.45, 7) is 10.7. The monoisotopic (exact) mass is 265 g/mol. The first-order chi connectivity index (χ1) is 8.92. The minimum Gasteiger partial charge on any atom is -0.382 e. The molecule has 19 heavy (non-hydrogen) atoms. The Bertz CT molecular complexity index is 371. The van der Waals surface area contributed by atoms with Crippen molar-refractivity contribution in [2.24, 2.45) is 0 Å². The van der Waals surface area contributed by atoms with Crippen LogP contribution in [0.4, 0.5) is 0 Å². The van der Waals surface area contributed by atoms with Crippen molar-refractivity contribution in [3.63, 3.8) is 0 Å². The minimum atomic E-state index is 0.119. The average Bonchev–Trinajstić information content (AvgIpc) is 2.34. The second-order valence-electron chi connectivity index (χ2n) is 5.95. The summed E-state index contributed by atoms with van der Waals surface area (Å²) in [5.41, 5.74) is 2.65. The van der Waals surface area contributed by atoms with E-state index in [1.807, 2.05) is 6.92 Å². The van der Waals surface area contributed by atoms with Crippen molar-refractivity contribution >= 4 is 0 Å². The number of benzene rings is 1. The zero-order chi connectivity index (χ0) is 14.3. The molecule has 3 nitrogen and oxygen atoms in total. The van der Waals surface area contributed by atoms with Gasteiger partial charge in [-0.05, 0) is 38.8 Å². The molecule has 3 heteroatoms. The van der Waals surface area contributed by atoms with Crippen LogP contribution >= 0.6 is 0 Å². The number of nitrogens with one attached hydrogen (secondary N) is 1. The molecular weight excluding hydrogens is 238 g/mol. The highest BCUT2D eigenvalue weighted by molar-refractivity contribution is 5.26. The smallest absolute Gasteiger partial charge is 0.0784 e. The van der Waals surface area contributed by atoms with Gasteiger partial charge in [-0.2, -0.15) is 0 Å².